The van der Waals surface area contributed by atoms with Crippen LogP contribution < -0.4 is 10.5 Å². The van der Waals surface area contributed by atoms with E-state index in [1.165, 1.54) is 25.7 Å². The highest BCUT2D eigenvalue weighted by atomic mass is 32.2. The molecule has 2 aliphatic rings. The minimum Gasteiger partial charge on any atom is -0.329 e. The Morgan fingerprint density at radius 2 is 1.76 bits per heavy atom. The predicted molar refractivity (Wildman–Crippen MR) is 69.0 cm³/mol. The van der Waals surface area contributed by atoms with E-state index in [1.54, 1.807) is 0 Å². The molecule has 5 heteroatoms. The SMILES string of the molecule is CCC(CN)S(=O)(=O)NCC(C1CC1)C1CC1. The second kappa shape index (κ2) is 5.24. The molecular formula is C12H24N2O2S. The number of nitrogens with two attached hydrogens (primary N) is 1. The Labute approximate surface area is 104 Å². The van der Waals surface area contributed by atoms with Crippen LogP contribution in [0.3, 0.4) is 0 Å². The summed E-state index contributed by atoms with van der Waals surface area (Å²) in [7, 11) is -3.20. The first-order chi connectivity index (χ1) is 8.08. The minimum atomic E-state index is -3.20. The summed E-state index contributed by atoms with van der Waals surface area (Å²) in [5, 5.41) is -0.429. The molecule has 0 bridgehead atoms. The summed E-state index contributed by atoms with van der Waals surface area (Å²) >= 11 is 0. The molecule has 0 heterocycles. The number of rotatable bonds is 8. The monoisotopic (exact) mass is 260 g/mol. The fourth-order valence-corrected chi connectivity index (χ4v) is 3.96. The second-order valence-corrected chi connectivity index (χ2v) is 7.54. The molecule has 1 atom stereocenters. The smallest absolute Gasteiger partial charge is 0.215 e. The molecule has 2 saturated carbocycles. The van der Waals surface area contributed by atoms with Gasteiger partial charge in [-0.3, -0.25) is 0 Å². The molecule has 0 aromatic rings. The third kappa shape index (κ3) is 3.42. The van der Waals surface area contributed by atoms with E-state index in [9.17, 15) is 8.42 Å². The zero-order valence-corrected chi connectivity index (χ0v) is 11.4. The lowest BCUT2D eigenvalue weighted by atomic mass is 9.99. The number of sulfonamides is 1. The Bertz CT molecular complexity index is 332. The summed E-state index contributed by atoms with van der Waals surface area (Å²) in [6.07, 6.45) is 5.74. The van der Waals surface area contributed by atoms with Crippen LogP contribution in [0.2, 0.25) is 0 Å². The fraction of sp³-hybridized carbons (Fsp3) is 1.00. The highest BCUT2D eigenvalue weighted by molar-refractivity contribution is 7.90. The van der Waals surface area contributed by atoms with Crippen LogP contribution in [-0.4, -0.2) is 26.8 Å². The maximum Gasteiger partial charge on any atom is 0.215 e. The molecule has 1 unspecified atom stereocenters. The summed E-state index contributed by atoms with van der Waals surface area (Å²) in [6, 6.07) is 0. The average Bonchev–Trinajstić information content (AvgIpc) is 3.14. The van der Waals surface area contributed by atoms with Gasteiger partial charge in [-0.25, -0.2) is 13.1 Å². The van der Waals surface area contributed by atoms with E-state index in [0.717, 1.165) is 11.8 Å². The van der Waals surface area contributed by atoms with E-state index in [2.05, 4.69) is 4.72 Å². The summed E-state index contributed by atoms with van der Waals surface area (Å²) in [5.74, 6) is 2.14. The van der Waals surface area contributed by atoms with Crippen LogP contribution in [-0.2, 0) is 10.0 Å². The van der Waals surface area contributed by atoms with E-state index >= 15 is 0 Å². The topological polar surface area (TPSA) is 72.2 Å². The van der Waals surface area contributed by atoms with E-state index < -0.39 is 15.3 Å². The van der Waals surface area contributed by atoms with Crippen molar-refractivity contribution in [1.29, 1.82) is 0 Å². The fourth-order valence-electron chi connectivity index (χ4n) is 2.61. The van der Waals surface area contributed by atoms with Gasteiger partial charge >= 0.3 is 0 Å². The van der Waals surface area contributed by atoms with Gasteiger partial charge in [-0.2, -0.15) is 0 Å². The Kier molecular flexibility index (Phi) is 4.10. The van der Waals surface area contributed by atoms with E-state index in [-0.39, 0.29) is 6.54 Å². The summed E-state index contributed by atoms with van der Waals surface area (Å²) < 4.78 is 26.8. The third-order valence-corrected chi connectivity index (χ3v) is 6.10. The largest absolute Gasteiger partial charge is 0.329 e. The van der Waals surface area contributed by atoms with E-state index in [0.29, 0.717) is 18.9 Å². The van der Waals surface area contributed by atoms with Gasteiger partial charge in [0.1, 0.15) is 0 Å². The van der Waals surface area contributed by atoms with Crippen LogP contribution in [0.25, 0.3) is 0 Å². The number of hydrogen-bond donors (Lipinski definition) is 2. The molecule has 4 nitrogen and oxygen atoms in total. The zero-order chi connectivity index (χ0) is 12.5. The first kappa shape index (κ1) is 13.3. The van der Waals surface area contributed by atoms with Crippen molar-refractivity contribution in [3.05, 3.63) is 0 Å². The van der Waals surface area contributed by atoms with Crippen LogP contribution in [0.4, 0.5) is 0 Å². The molecule has 0 radical (unpaired) electrons. The Morgan fingerprint density at radius 3 is 2.12 bits per heavy atom. The van der Waals surface area contributed by atoms with Gasteiger partial charge in [0, 0.05) is 13.1 Å². The van der Waals surface area contributed by atoms with Crippen LogP contribution >= 0.6 is 0 Å². The molecule has 2 fully saturated rings. The Balaban J connectivity index is 1.86. The van der Waals surface area contributed by atoms with Crippen molar-refractivity contribution < 1.29 is 8.42 Å². The summed E-state index contributed by atoms with van der Waals surface area (Å²) in [6.45, 7) is 2.72. The standard InChI is InChI=1S/C12H24N2O2S/c1-2-11(7-13)17(15,16)14-8-12(9-3-4-9)10-5-6-10/h9-12,14H,2-8,13H2,1H3. The van der Waals surface area contributed by atoms with E-state index in [1.807, 2.05) is 6.92 Å². The molecule has 0 aliphatic heterocycles. The van der Waals surface area contributed by atoms with Crippen LogP contribution in [0.1, 0.15) is 39.0 Å². The molecule has 0 saturated heterocycles. The van der Waals surface area contributed by atoms with Gasteiger partial charge in [0.05, 0.1) is 5.25 Å². The summed E-state index contributed by atoms with van der Waals surface area (Å²) in [5.41, 5.74) is 5.50. The van der Waals surface area contributed by atoms with Gasteiger partial charge in [0.2, 0.25) is 10.0 Å². The number of nitrogens with one attached hydrogen (secondary N) is 1. The Morgan fingerprint density at radius 1 is 1.24 bits per heavy atom. The van der Waals surface area contributed by atoms with Gasteiger partial charge in [0.25, 0.3) is 0 Å². The molecule has 17 heavy (non-hydrogen) atoms. The van der Waals surface area contributed by atoms with Crippen molar-refractivity contribution in [1.82, 2.24) is 4.72 Å². The van der Waals surface area contributed by atoms with Gasteiger partial charge in [0.15, 0.2) is 0 Å². The first-order valence-corrected chi connectivity index (χ1v) is 8.31. The van der Waals surface area contributed by atoms with Gasteiger partial charge in [-0.15, -0.1) is 0 Å². The highest BCUT2D eigenvalue weighted by Crippen LogP contribution is 2.48. The molecule has 100 valence electrons. The quantitative estimate of drug-likeness (QED) is 0.686. The zero-order valence-electron chi connectivity index (χ0n) is 10.6. The van der Waals surface area contributed by atoms with Gasteiger partial charge in [-0.1, -0.05) is 6.92 Å². The van der Waals surface area contributed by atoms with Crippen LogP contribution in [0, 0.1) is 17.8 Å². The molecule has 0 spiro atoms. The molecule has 2 rings (SSSR count). The van der Waals surface area contributed by atoms with Crippen molar-refractivity contribution in [2.45, 2.75) is 44.3 Å². The molecule has 3 N–H and O–H groups in total. The third-order valence-electron chi connectivity index (χ3n) is 4.13. The van der Waals surface area contributed by atoms with Crippen molar-refractivity contribution >= 4 is 10.0 Å². The maximum atomic E-state index is 12.0. The molecule has 0 aromatic heterocycles. The predicted octanol–water partition coefficient (Wildman–Crippen LogP) is 1.08. The van der Waals surface area contributed by atoms with Crippen molar-refractivity contribution in [2.75, 3.05) is 13.1 Å². The lowest BCUT2D eigenvalue weighted by Crippen LogP contribution is -2.41. The molecule has 0 aromatic carbocycles. The van der Waals surface area contributed by atoms with Gasteiger partial charge in [-0.05, 0) is 49.9 Å². The van der Waals surface area contributed by atoms with Crippen molar-refractivity contribution in [3.63, 3.8) is 0 Å². The first-order valence-electron chi connectivity index (χ1n) is 6.77. The average molecular weight is 260 g/mol. The molecule has 2 aliphatic carbocycles. The summed E-state index contributed by atoms with van der Waals surface area (Å²) in [4.78, 5) is 0. The highest BCUT2D eigenvalue weighted by Gasteiger charge is 2.41. The van der Waals surface area contributed by atoms with Gasteiger partial charge < -0.3 is 5.73 Å². The van der Waals surface area contributed by atoms with Crippen LogP contribution in [0.15, 0.2) is 0 Å². The van der Waals surface area contributed by atoms with E-state index in [4.69, 9.17) is 5.73 Å². The number of hydrogen-bond acceptors (Lipinski definition) is 3. The maximum absolute atomic E-state index is 12.0. The molecular weight excluding hydrogens is 236 g/mol. The lowest BCUT2D eigenvalue weighted by molar-refractivity contribution is 0.400. The Hall–Kier alpha value is -0.130. The van der Waals surface area contributed by atoms with Crippen LogP contribution in [0.5, 0.6) is 0 Å². The normalized spacial score (nSPS) is 23.0. The van der Waals surface area contributed by atoms with Crippen molar-refractivity contribution in [3.8, 4) is 0 Å². The minimum absolute atomic E-state index is 0.212. The second-order valence-electron chi connectivity index (χ2n) is 5.50. The van der Waals surface area contributed by atoms with Crippen molar-refractivity contribution in [2.24, 2.45) is 23.5 Å². The molecule has 0 amide bonds. The lowest BCUT2D eigenvalue weighted by Gasteiger charge is -2.19.